The molecule has 1 N–H and O–H groups in total. The first-order chi connectivity index (χ1) is 9.06. The van der Waals surface area contributed by atoms with Crippen LogP contribution >= 0.6 is 11.8 Å². The van der Waals surface area contributed by atoms with E-state index in [-0.39, 0.29) is 5.92 Å². The van der Waals surface area contributed by atoms with E-state index in [9.17, 15) is 4.79 Å². The van der Waals surface area contributed by atoms with Crippen molar-refractivity contribution in [2.24, 2.45) is 0 Å². The summed E-state index contributed by atoms with van der Waals surface area (Å²) >= 11 is 1.67. The van der Waals surface area contributed by atoms with Gasteiger partial charge in [-0.2, -0.15) is 0 Å². The van der Waals surface area contributed by atoms with Crippen molar-refractivity contribution >= 4 is 17.7 Å². The highest BCUT2D eigenvalue weighted by molar-refractivity contribution is 7.99. The van der Waals surface area contributed by atoms with E-state index in [0.717, 1.165) is 36.8 Å². The summed E-state index contributed by atoms with van der Waals surface area (Å²) in [7, 11) is 0. The van der Waals surface area contributed by atoms with Crippen molar-refractivity contribution in [2.75, 3.05) is 13.2 Å². The fourth-order valence-electron chi connectivity index (χ4n) is 1.97. The Morgan fingerprint density at radius 1 is 1.42 bits per heavy atom. The highest BCUT2D eigenvalue weighted by atomic mass is 32.2. The highest BCUT2D eigenvalue weighted by Crippen LogP contribution is 2.30. The Hall–Kier alpha value is -1.07. The second kappa shape index (κ2) is 6.39. The highest BCUT2D eigenvalue weighted by Gasteiger charge is 2.18. The number of pyridine rings is 1. The Kier molecular flexibility index (Phi) is 4.82. The van der Waals surface area contributed by atoms with Gasteiger partial charge in [0.05, 0.1) is 10.6 Å². The number of ether oxygens (including phenoxy) is 1. The molecular weight excluding hydrogens is 262 g/mol. The maximum absolute atomic E-state index is 11.2. The number of thioether (sulfide) groups is 1. The van der Waals surface area contributed by atoms with E-state index in [1.54, 1.807) is 23.9 Å². The molecule has 0 atom stereocenters. The van der Waals surface area contributed by atoms with Gasteiger partial charge in [-0.05, 0) is 30.9 Å². The van der Waals surface area contributed by atoms with Gasteiger partial charge in [-0.15, -0.1) is 11.8 Å². The summed E-state index contributed by atoms with van der Waals surface area (Å²) in [5.41, 5.74) is 1.17. The molecule has 2 rings (SSSR count). The average Bonchev–Trinajstić information content (AvgIpc) is 2.39. The molecule has 0 aromatic carbocycles. The summed E-state index contributed by atoms with van der Waals surface area (Å²) in [4.78, 5) is 15.7. The maximum atomic E-state index is 11.2. The van der Waals surface area contributed by atoms with E-state index in [1.807, 2.05) is 13.8 Å². The van der Waals surface area contributed by atoms with Gasteiger partial charge in [0.25, 0.3) is 0 Å². The Morgan fingerprint density at radius 3 is 2.68 bits per heavy atom. The van der Waals surface area contributed by atoms with Crippen LogP contribution in [-0.2, 0) is 4.74 Å². The summed E-state index contributed by atoms with van der Waals surface area (Å²) < 4.78 is 5.33. The van der Waals surface area contributed by atoms with E-state index in [4.69, 9.17) is 9.84 Å². The second-order valence-corrected chi connectivity index (χ2v) is 6.33. The first kappa shape index (κ1) is 14.3. The van der Waals surface area contributed by atoms with Crippen LogP contribution in [0.2, 0.25) is 0 Å². The van der Waals surface area contributed by atoms with Crippen LogP contribution in [0, 0.1) is 0 Å². The van der Waals surface area contributed by atoms with Gasteiger partial charge in [0.2, 0.25) is 0 Å². The fourth-order valence-corrected chi connectivity index (χ4v) is 3.09. The lowest BCUT2D eigenvalue weighted by Crippen LogP contribution is -2.17. The van der Waals surface area contributed by atoms with Crippen LogP contribution in [0.1, 0.15) is 48.7 Å². The molecule has 2 heterocycles. The molecule has 1 aliphatic heterocycles. The van der Waals surface area contributed by atoms with Gasteiger partial charge in [-0.3, -0.25) is 0 Å². The lowest BCUT2D eigenvalue weighted by molar-refractivity contribution is 0.0696. The fraction of sp³-hybridized carbons (Fsp3) is 0.571. The molecule has 1 aliphatic rings. The normalized spacial score (nSPS) is 16.8. The zero-order chi connectivity index (χ0) is 13.8. The Labute approximate surface area is 117 Å². The van der Waals surface area contributed by atoms with E-state index in [2.05, 4.69) is 4.98 Å². The van der Waals surface area contributed by atoms with Gasteiger partial charge >= 0.3 is 5.97 Å². The zero-order valence-corrected chi connectivity index (χ0v) is 12.1. The third kappa shape index (κ3) is 3.94. The first-order valence-electron chi connectivity index (χ1n) is 6.56. The van der Waals surface area contributed by atoms with Crippen LogP contribution in [0.5, 0.6) is 0 Å². The second-order valence-electron chi connectivity index (χ2n) is 5.01. The molecule has 0 bridgehead atoms. The van der Waals surface area contributed by atoms with Crippen LogP contribution in [0.3, 0.4) is 0 Å². The van der Waals surface area contributed by atoms with Gasteiger partial charge in [0.15, 0.2) is 0 Å². The molecule has 0 radical (unpaired) electrons. The standard InChI is InChI=1S/C14H19NO3S/c1-9(2)12-7-10(14(16)17)8-13(15-12)19-11-3-5-18-6-4-11/h7-9,11H,3-6H2,1-2H3,(H,16,17). The number of carbonyl (C=O) groups is 1. The van der Waals surface area contributed by atoms with Crippen molar-refractivity contribution < 1.29 is 14.6 Å². The molecule has 0 spiro atoms. The SMILES string of the molecule is CC(C)c1cc(C(=O)O)cc(SC2CCOCC2)n1. The summed E-state index contributed by atoms with van der Waals surface area (Å²) in [6.07, 6.45) is 2.00. The van der Waals surface area contributed by atoms with Crippen LogP contribution in [0.15, 0.2) is 17.2 Å². The largest absolute Gasteiger partial charge is 0.478 e. The van der Waals surface area contributed by atoms with E-state index in [1.165, 1.54) is 0 Å². The Balaban J connectivity index is 2.20. The third-order valence-electron chi connectivity index (χ3n) is 3.12. The number of hydrogen-bond acceptors (Lipinski definition) is 4. The minimum atomic E-state index is -0.891. The van der Waals surface area contributed by atoms with Crippen molar-refractivity contribution in [1.29, 1.82) is 0 Å². The monoisotopic (exact) mass is 281 g/mol. The number of rotatable bonds is 4. The summed E-state index contributed by atoms with van der Waals surface area (Å²) in [5.74, 6) is -0.661. The van der Waals surface area contributed by atoms with Crippen molar-refractivity contribution in [1.82, 2.24) is 4.98 Å². The summed E-state index contributed by atoms with van der Waals surface area (Å²) in [6.45, 7) is 5.62. The molecule has 4 nitrogen and oxygen atoms in total. The van der Waals surface area contributed by atoms with Crippen LogP contribution in [0.4, 0.5) is 0 Å². The molecule has 104 valence electrons. The van der Waals surface area contributed by atoms with E-state index in [0.29, 0.717) is 10.8 Å². The topological polar surface area (TPSA) is 59.4 Å². The minimum Gasteiger partial charge on any atom is -0.478 e. The van der Waals surface area contributed by atoms with Gasteiger partial charge < -0.3 is 9.84 Å². The smallest absolute Gasteiger partial charge is 0.335 e. The molecule has 0 aliphatic carbocycles. The quantitative estimate of drug-likeness (QED) is 0.918. The molecule has 5 heteroatoms. The number of carboxylic acids is 1. The Bertz CT molecular complexity index is 456. The molecule has 1 aromatic heterocycles. The van der Waals surface area contributed by atoms with Crippen molar-refractivity contribution in [3.05, 3.63) is 23.4 Å². The number of aromatic carboxylic acids is 1. The van der Waals surface area contributed by atoms with Crippen molar-refractivity contribution in [3.63, 3.8) is 0 Å². The van der Waals surface area contributed by atoms with E-state index < -0.39 is 5.97 Å². The summed E-state index contributed by atoms with van der Waals surface area (Å²) in [6, 6.07) is 3.34. The van der Waals surface area contributed by atoms with Crippen molar-refractivity contribution in [2.45, 2.75) is 42.9 Å². The summed E-state index contributed by atoms with van der Waals surface area (Å²) in [5, 5.41) is 10.5. The molecule has 1 aromatic rings. The maximum Gasteiger partial charge on any atom is 0.335 e. The minimum absolute atomic E-state index is 0.230. The molecule has 0 saturated carbocycles. The number of nitrogens with zero attached hydrogens (tertiary/aromatic N) is 1. The van der Waals surface area contributed by atoms with Gasteiger partial charge in [-0.25, -0.2) is 9.78 Å². The third-order valence-corrected chi connectivity index (χ3v) is 4.37. The molecule has 1 fully saturated rings. The first-order valence-corrected chi connectivity index (χ1v) is 7.44. The van der Waals surface area contributed by atoms with Crippen LogP contribution in [0.25, 0.3) is 0 Å². The lowest BCUT2D eigenvalue weighted by Gasteiger charge is -2.21. The molecule has 0 amide bonds. The van der Waals surface area contributed by atoms with Gasteiger partial charge in [-0.1, -0.05) is 13.8 Å². The van der Waals surface area contributed by atoms with Gasteiger partial charge in [0.1, 0.15) is 0 Å². The van der Waals surface area contributed by atoms with Crippen molar-refractivity contribution in [3.8, 4) is 0 Å². The van der Waals surface area contributed by atoms with Crippen LogP contribution in [-0.4, -0.2) is 34.5 Å². The number of carboxylic acid groups (broad SMARTS) is 1. The lowest BCUT2D eigenvalue weighted by atomic mass is 10.1. The predicted molar refractivity (Wildman–Crippen MR) is 75.0 cm³/mol. The average molecular weight is 281 g/mol. The van der Waals surface area contributed by atoms with Crippen LogP contribution < -0.4 is 0 Å². The molecule has 1 saturated heterocycles. The Morgan fingerprint density at radius 2 is 2.11 bits per heavy atom. The molecular formula is C14H19NO3S. The number of aromatic nitrogens is 1. The number of hydrogen-bond donors (Lipinski definition) is 1. The predicted octanol–water partition coefficient (Wildman–Crippen LogP) is 3.17. The zero-order valence-electron chi connectivity index (χ0n) is 11.3. The van der Waals surface area contributed by atoms with E-state index >= 15 is 0 Å². The molecule has 0 unspecified atom stereocenters. The van der Waals surface area contributed by atoms with Gasteiger partial charge in [0, 0.05) is 24.2 Å². The molecule has 19 heavy (non-hydrogen) atoms.